The van der Waals surface area contributed by atoms with Crippen molar-refractivity contribution in [1.82, 2.24) is 4.98 Å². The van der Waals surface area contributed by atoms with Crippen molar-refractivity contribution in [2.24, 2.45) is 0 Å². The number of halogens is 1. The van der Waals surface area contributed by atoms with Crippen LogP contribution in [0, 0.1) is 6.92 Å². The van der Waals surface area contributed by atoms with Gasteiger partial charge in [-0.15, -0.1) is 0 Å². The largest absolute Gasteiger partial charge is 0.478 e. The number of benzene rings is 2. The van der Waals surface area contributed by atoms with Crippen LogP contribution in [0.5, 0.6) is 0 Å². The lowest BCUT2D eigenvalue weighted by molar-refractivity contribution is 0.0695. The molecule has 2 aromatic carbocycles. The summed E-state index contributed by atoms with van der Waals surface area (Å²) in [5.41, 5.74) is 2.48. The van der Waals surface area contributed by atoms with Gasteiger partial charge in [-0.3, -0.25) is 4.98 Å². The van der Waals surface area contributed by atoms with Crippen LogP contribution in [0.15, 0.2) is 59.2 Å². The monoisotopic (exact) mass is 425 g/mol. The van der Waals surface area contributed by atoms with Crippen molar-refractivity contribution in [3.05, 3.63) is 87.0 Å². The summed E-state index contributed by atoms with van der Waals surface area (Å²) in [4.78, 5) is 28.2. The third-order valence-corrected chi connectivity index (χ3v) is 4.78. The van der Waals surface area contributed by atoms with Crippen molar-refractivity contribution in [3.8, 4) is 11.3 Å². The molecule has 5 nitrogen and oxygen atoms in total. The normalized spacial score (nSPS) is 10.6. The van der Waals surface area contributed by atoms with E-state index in [4.69, 9.17) is 0 Å². The average Bonchev–Trinajstić information content (AvgIpc) is 2.64. The molecule has 0 aliphatic rings. The maximum Gasteiger partial charge on any atom is 0.336 e. The topological polar surface area (TPSA) is 87.5 Å². The minimum Gasteiger partial charge on any atom is -0.478 e. The van der Waals surface area contributed by atoms with Gasteiger partial charge in [0.25, 0.3) is 0 Å². The van der Waals surface area contributed by atoms with Gasteiger partial charge < -0.3 is 10.2 Å². The molecule has 1 heterocycles. The summed E-state index contributed by atoms with van der Waals surface area (Å²) in [5, 5.41) is 19.6. The van der Waals surface area contributed by atoms with Crippen LogP contribution in [0.1, 0.15) is 37.4 Å². The number of pyridine rings is 1. The summed E-state index contributed by atoms with van der Waals surface area (Å²) < 4.78 is 0.719. The van der Waals surface area contributed by atoms with E-state index >= 15 is 0 Å². The molecule has 0 aliphatic carbocycles. The summed E-state index contributed by atoms with van der Waals surface area (Å²) in [6.45, 7) is 1.73. The number of carbonyl (C=O) groups is 2. The number of hydrogen-bond donors (Lipinski definition) is 2. The second-order valence-corrected chi connectivity index (χ2v) is 7.02. The lowest BCUT2D eigenvalue weighted by Crippen LogP contribution is -2.13. The van der Waals surface area contributed by atoms with Crippen LogP contribution < -0.4 is 0 Å². The molecule has 136 valence electrons. The Kier molecular flexibility index (Phi) is 5.37. The van der Waals surface area contributed by atoms with Crippen molar-refractivity contribution in [2.45, 2.75) is 13.3 Å². The molecule has 3 rings (SSSR count). The number of rotatable bonds is 5. The number of aryl methyl sites for hydroxylation is 1. The van der Waals surface area contributed by atoms with E-state index in [1.54, 1.807) is 19.1 Å². The van der Waals surface area contributed by atoms with Crippen molar-refractivity contribution < 1.29 is 19.8 Å². The fraction of sp³-hybridized carbons (Fsp3) is 0.0952. The first-order valence-corrected chi connectivity index (χ1v) is 8.96. The number of nitrogens with zero attached hydrogens (tertiary/aromatic N) is 1. The van der Waals surface area contributed by atoms with Crippen LogP contribution in [0.4, 0.5) is 0 Å². The van der Waals surface area contributed by atoms with E-state index in [0.717, 1.165) is 10.0 Å². The third kappa shape index (κ3) is 3.90. The van der Waals surface area contributed by atoms with E-state index in [2.05, 4.69) is 20.9 Å². The number of carboxylic acid groups (broad SMARTS) is 2. The van der Waals surface area contributed by atoms with Crippen molar-refractivity contribution in [1.29, 1.82) is 0 Å². The predicted octanol–water partition coefficient (Wildman–Crippen LogP) is 4.81. The molecule has 2 N–H and O–H groups in total. The summed E-state index contributed by atoms with van der Waals surface area (Å²) in [7, 11) is 0. The van der Waals surface area contributed by atoms with Gasteiger partial charge in [0.1, 0.15) is 0 Å². The molecule has 0 atom stereocenters. The van der Waals surface area contributed by atoms with Gasteiger partial charge in [-0.1, -0.05) is 30.3 Å². The highest BCUT2D eigenvalue weighted by Crippen LogP contribution is 2.33. The Morgan fingerprint density at radius 2 is 1.74 bits per heavy atom. The van der Waals surface area contributed by atoms with Crippen LogP contribution in [0.3, 0.4) is 0 Å². The van der Waals surface area contributed by atoms with Crippen molar-refractivity contribution in [3.63, 3.8) is 0 Å². The SMILES string of the molecule is Cc1cc(C(=O)O)c(-c2ccc(Br)cn2)c(C(=O)O)c1Cc1ccccc1. The molecule has 0 amide bonds. The molecule has 0 radical (unpaired) electrons. The van der Waals surface area contributed by atoms with Crippen LogP contribution >= 0.6 is 15.9 Å². The molecule has 27 heavy (non-hydrogen) atoms. The highest BCUT2D eigenvalue weighted by Gasteiger charge is 2.26. The van der Waals surface area contributed by atoms with Crippen LogP contribution in [0.2, 0.25) is 0 Å². The zero-order chi connectivity index (χ0) is 19.6. The zero-order valence-electron chi connectivity index (χ0n) is 14.4. The highest BCUT2D eigenvalue weighted by molar-refractivity contribution is 9.10. The Morgan fingerprint density at radius 3 is 2.30 bits per heavy atom. The van der Waals surface area contributed by atoms with Crippen LogP contribution in [-0.2, 0) is 6.42 Å². The maximum atomic E-state index is 12.2. The molecule has 0 aliphatic heterocycles. The first-order valence-electron chi connectivity index (χ1n) is 8.17. The van der Waals surface area contributed by atoms with Gasteiger partial charge in [-0.25, -0.2) is 9.59 Å². The zero-order valence-corrected chi connectivity index (χ0v) is 16.0. The lowest BCUT2D eigenvalue weighted by atomic mass is 9.87. The van der Waals surface area contributed by atoms with E-state index in [1.807, 2.05) is 30.3 Å². The third-order valence-electron chi connectivity index (χ3n) is 4.31. The van der Waals surface area contributed by atoms with E-state index in [-0.39, 0.29) is 16.7 Å². The fourth-order valence-corrected chi connectivity index (χ4v) is 3.32. The predicted molar refractivity (Wildman–Crippen MR) is 105 cm³/mol. The minimum atomic E-state index is -1.19. The Hall–Kier alpha value is -2.99. The van der Waals surface area contributed by atoms with Gasteiger partial charge in [0, 0.05) is 16.2 Å². The Balaban J connectivity index is 2.31. The fourth-order valence-electron chi connectivity index (χ4n) is 3.08. The van der Waals surface area contributed by atoms with Crippen LogP contribution in [-0.4, -0.2) is 27.1 Å². The number of aromatic carboxylic acids is 2. The first-order chi connectivity index (χ1) is 12.9. The minimum absolute atomic E-state index is 0.0222. The molecule has 1 aromatic heterocycles. The van der Waals surface area contributed by atoms with E-state index < -0.39 is 11.9 Å². The van der Waals surface area contributed by atoms with Gasteiger partial charge in [0.2, 0.25) is 0 Å². The number of carboxylic acids is 2. The van der Waals surface area contributed by atoms with E-state index in [1.165, 1.54) is 12.3 Å². The average molecular weight is 426 g/mol. The lowest BCUT2D eigenvalue weighted by Gasteiger charge is -2.17. The van der Waals surface area contributed by atoms with E-state index in [0.29, 0.717) is 23.2 Å². The Bertz CT molecular complexity index is 1010. The summed E-state index contributed by atoms with van der Waals surface area (Å²) in [6, 6.07) is 14.3. The summed E-state index contributed by atoms with van der Waals surface area (Å²) >= 11 is 3.29. The van der Waals surface area contributed by atoms with Gasteiger partial charge in [-0.05, 0) is 64.2 Å². The molecular weight excluding hydrogens is 410 g/mol. The molecule has 0 spiro atoms. The number of hydrogen-bond acceptors (Lipinski definition) is 3. The second kappa shape index (κ2) is 7.72. The van der Waals surface area contributed by atoms with Crippen molar-refractivity contribution >= 4 is 27.9 Å². The van der Waals surface area contributed by atoms with Crippen molar-refractivity contribution in [2.75, 3.05) is 0 Å². The molecule has 6 heteroatoms. The summed E-state index contributed by atoms with van der Waals surface area (Å²) in [6.07, 6.45) is 1.90. The van der Waals surface area contributed by atoms with Gasteiger partial charge in [0.15, 0.2) is 0 Å². The molecule has 0 saturated carbocycles. The molecule has 0 saturated heterocycles. The molecule has 0 fully saturated rings. The highest BCUT2D eigenvalue weighted by atomic mass is 79.9. The summed E-state index contributed by atoms with van der Waals surface area (Å²) in [5.74, 6) is -2.36. The van der Waals surface area contributed by atoms with Gasteiger partial charge in [-0.2, -0.15) is 0 Å². The molecule has 3 aromatic rings. The first kappa shape index (κ1) is 18.8. The molecule has 0 unspecified atom stereocenters. The second-order valence-electron chi connectivity index (χ2n) is 6.10. The number of aromatic nitrogens is 1. The van der Waals surface area contributed by atoms with Crippen LogP contribution in [0.25, 0.3) is 11.3 Å². The van der Waals surface area contributed by atoms with Gasteiger partial charge in [0.05, 0.1) is 16.8 Å². The Morgan fingerprint density at radius 1 is 1.04 bits per heavy atom. The molecular formula is C21H16BrNO4. The maximum absolute atomic E-state index is 12.2. The smallest absolute Gasteiger partial charge is 0.336 e. The van der Waals surface area contributed by atoms with Gasteiger partial charge >= 0.3 is 11.9 Å². The Labute approximate surface area is 164 Å². The van der Waals surface area contributed by atoms with E-state index in [9.17, 15) is 19.8 Å². The standard InChI is InChI=1S/C21H16BrNO4/c1-12-9-16(20(24)25)18(17-8-7-14(22)11-23-17)19(21(26)27)15(12)10-13-5-3-2-4-6-13/h2-9,11H,10H2,1H3,(H,24,25)(H,26,27). The molecule has 0 bridgehead atoms. The quantitative estimate of drug-likeness (QED) is 0.612.